The predicted octanol–water partition coefficient (Wildman–Crippen LogP) is 14.8. The molecule has 4 aliphatic carbocycles. The summed E-state index contributed by atoms with van der Waals surface area (Å²) in [5, 5.41) is 50.7. The van der Waals surface area contributed by atoms with Crippen molar-refractivity contribution in [1.82, 2.24) is 46.4 Å². The van der Waals surface area contributed by atoms with Crippen LogP contribution in [0.5, 0.6) is 17.2 Å². The van der Waals surface area contributed by atoms with E-state index in [1.165, 1.54) is 57.5 Å². The van der Waals surface area contributed by atoms with Crippen LogP contribution in [0.1, 0.15) is 161 Å². The number of ether oxygens (including phenoxy) is 5. The van der Waals surface area contributed by atoms with E-state index >= 15 is 0 Å². The third-order valence-corrected chi connectivity index (χ3v) is 16.9. The van der Waals surface area contributed by atoms with Gasteiger partial charge in [-0.05, 0) is 181 Å². The minimum absolute atomic E-state index is 0.00504. The molecule has 13 rings (SSSR count). The third kappa shape index (κ3) is 15.1. The lowest BCUT2D eigenvalue weighted by Crippen LogP contribution is -2.33. The van der Waals surface area contributed by atoms with Gasteiger partial charge in [0.15, 0.2) is 0 Å². The van der Waals surface area contributed by atoms with Gasteiger partial charge >= 0.3 is 12.2 Å². The van der Waals surface area contributed by atoms with Crippen molar-refractivity contribution in [3.05, 3.63) is 159 Å². The van der Waals surface area contributed by atoms with E-state index in [2.05, 4.69) is 82.8 Å². The summed E-state index contributed by atoms with van der Waals surface area (Å²) in [6.45, 7) is 11.5. The van der Waals surface area contributed by atoms with Gasteiger partial charge in [-0.2, -0.15) is 30.7 Å². The number of carbonyl (C=O) groups is 2. The molecule has 0 radical (unpaired) electrons. The molecule has 95 heavy (non-hydrogen) atoms. The Morgan fingerprint density at radius 3 is 1.13 bits per heavy atom. The maximum Gasteiger partial charge on any atom is 0.407 e. The smallest absolute Gasteiger partial charge is 0.407 e. The quantitative estimate of drug-likeness (QED) is 0.0809. The predicted molar refractivity (Wildman–Crippen MR) is 351 cm³/mol. The molecule has 3 aromatic heterocycles. The molecule has 3 heterocycles. The number of rotatable bonds is 16. The Kier molecular flexibility index (Phi) is 20.6. The van der Waals surface area contributed by atoms with E-state index in [4.69, 9.17) is 37.3 Å². The Morgan fingerprint density at radius 2 is 0.800 bits per heavy atom. The first-order chi connectivity index (χ1) is 46.1. The number of carbonyl (C=O) groups excluding carboxylic acids is 2. The van der Waals surface area contributed by atoms with Crippen molar-refractivity contribution in [2.45, 2.75) is 155 Å². The van der Waals surface area contributed by atoms with Crippen LogP contribution >= 0.6 is 0 Å². The molecule has 22 nitrogen and oxygen atoms in total. The number of nitrogens with one attached hydrogen (secondary N) is 3. The van der Waals surface area contributed by atoms with Crippen molar-refractivity contribution in [2.24, 2.45) is 0 Å². The van der Waals surface area contributed by atoms with E-state index in [1.54, 1.807) is 48.5 Å². The number of hydrogen-bond acceptors (Lipinski definition) is 20. The molecule has 1 unspecified atom stereocenters. The largest absolute Gasteiger partial charge is 0.490 e. The summed E-state index contributed by atoms with van der Waals surface area (Å²) < 4.78 is 43.1. The maximum absolute atomic E-state index is 11.6. The van der Waals surface area contributed by atoms with Gasteiger partial charge in [0.1, 0.15) is 35.5 Å². The van der Waals surface area contributed by atoms with E-state index in [-0.39, 0.29) is 30.4 Å². The molecule has 0 saturated heterocycles. The van der Waals surface area contributed by atoms with Gasteiger partial charge in [0.2, 0.25) is 17.5 Å². The summed E-state index contributed by atoms with van der Waals surface area (Å²) >= 11 is 0. The van der Waals surface area contributed by atoms with Crippen LogP contribution in [0.2, 0.25) is 0 Å². The number of alkyl carbamates (subject to hydrolysis) is 2. The highest BCUT2D eigenvalue weighted by Crippen LogP contribution is 2.42. The normalized spacial score (nSPS) is 16.0. The van der Waals surface area contributed by atoms with Crippen molar-refractivity contribution in [2.75, 3.05) is 14.2 Å². The van der Waals surface area contributed by atoms with Crippen LogP contribution in [0, 0.1) is 34.0 Å². The first kappa shape index (κ1) is 65.6. The summed E-state index contributed by atoms with van der Waals surface area (Å²) in [7, 11) is 2.70. The summed E-state index contributed by atoms with van der Waals surface area (Å²) in [4.78, 5) is 37.0. The zero-order valence-corrected chi connectivity index (χ0v) is 54.3. The Labute approximate surface area is 550 Å². The SMILES string of the molecule is CC(C)Oc1ccc(-c2nc(-c3cccc4c3CCC4NC3CCCCC3)no2)cc1C#N.COC(=O)N[C@@H]1CCc2c(-c3noc(-c4ccc(OC(C)C)c(C#N)c4)n3)cccc21.COC(=O)N[C@H]1CCc2c(-c3noc(-c4ccc(OC(C)C)c(C#N)c4)n3)cccc21. The highest BCUT2D eigenvalue weighted by molar-refractivity contribution is 5.73. The number of amides is 2. The first-order valence-corrected chi connectivity index (χ1v) is 32.1. The number of aromatic nitrogens is 6. The fourth-order valence-corrected chi connectivity index (χ4v) is 12.7. The molecule has 3 atom stereocenters. The zero-order chi connectivity index (χ0) is 66.7. The number of nitrogens with zero attached hydrogens (tertiary/aromatic N) is 9. The Hall–Kier alpha value is -10.9. The molecular formula is C73H74N12O10. The second-order valence-corrected chi connectivity index (χ2v) is 24.4. The van der Waals surface area contributed by atoms with Crippen molar-refractivity contribution >= 4 is 12.2 Å². The van der Waals surface area contributed by atoms with Gasteiger partial charge in [0, 0.05) is 45.5 Å². The summed E-state index contributed by atoms with van der Waals surface area (Å²) in [5.41, 5.74) is 12.9. The Morgan fingerprint density at radius 1 is 0.463 bits per heavy atom. The minimum atomic E-state index is -0.455. The molecule has 2 amide bonds. The molecule has 4 aliphatic rings. The lowest BCUT2D eigenvalue weighted by molar-refractivity contribution is 0.165. The molecule has 0 spiro atoms. The Bertz CT molecular complexity index is 4190. The third-order valence-electron chi connectivity index (χ3n) is 16.9. The number of nitriles is 3. The van der Waals surface area contributed by atoms with E-state index in [9.17, 15) is 25.4 Å². The second-order valence-electron chi connectivity index (χ2n) is 24.4. The molecular weight excluding hydrogens is 1200 g/mol. The molecule has 9 aromatic rings. The fourth-order valence-electron chi connectivity index (χ4n) is 12.7. The van der Waals surface area contributed by atoms with E-state index < -0.39 is 12.2 Å². The average molecular weight is 1280 g/mol. The molecule has 22 heteroatoms. The van der Waals surface area contributed by atoms with Crippen LogP contribution in [-0.4, -0.2) is 81.2 Å². The van der Waals surface area contributed by atoms with Gasteiger partial charge in [-0.15, -0.1) is 0 Å². The van der Waals surface area contributed by atoms with Crippen LogP contribution < -0.4 is 30.2 Å². The minimum Gasteiger partial charge on any atom is -0.490 e. The van der Waals surface area contributed by atoms with E-state index in [1.807, 2.05) is 84.0 Å². The summed E-state index contributed by atoms with van der Waals surface area (Å²) in [6, 6.07) is 41.2. The fraction of sp³-hybridized carbons (Fsp3) is 0.356. The van der Waals surface area contributed by atoms with E-state index in [0.29, 0.717) is 97.9 Å². The van der Waals surface area contributed by atoms with Crippen LogP contribution in [0.4, 0.5) is 9.59 Å². The van der Waals surface area contributed by atoms with Crippen molar-refractivity contribution < 1.29 is 46.8 Å². The molecule has 486 valence electrons. The number of hydrogen-bond donors (Lipinski definition) is 3. The van der Waals surface area contributed by atoms with Crippen molar-refractivity contribution in [3.8, 4) is 104 Å². The van der Waals surface area contributed by atoms with Gasteiger partial charge in [-0.1, -0.05) is 89.3 Å². The molecule has 6 aromatic carbocycles. The van der Waals surface area contributed by atoms with Gasteiger partial charge in [-0.3, -0.25) is 0 Å². The van der Waals surface area contributed by atoms with Crippen LogP contribution in [0.3, 0.4) is 0 Å². The van der Waals surface area contributed by atoms with Gasteiger partial charge < -0.3 is 53.2 Å². The average Bonchev–Trinajstić information content (AvgIpc) is 1.67. The topological polar surface area (TPSA) is 305 Å². The number of fused-ring (bicyclic) bond motifs is 3. The highest BCUT2D eigenvalue weighted by Gasteiger charge is 2.32. The second kappa shape index (κ2) is 29.8. The van der Waals surface area contributed by atoms with Crippen LogP contribution in [0.15, 0.2) is 123 Å². The van der Waals surface area contributed by atoms with Crippen LogP contribution in [0.25, 0.3) is 68.5 Å². The number of benzene rings is 6. The lowest BCUT2D eigenvalue weighted by Gasteiger charge is -2.27. The first-order valence-electron chi connectivity index (χ1n) is 32.1. The van der Waals surface area contributed by atoms with Crippen molar-refractivity contribution in [1.29, 1.82) is 15.8 Å². The zero-order valence-electron chi connectivity index (χ0n) is 54.3. The molecule has 3 N–H and O–H groups in total. The van der Waals surface area contributed by atoms with Gasteiger partial charge in [0.25, 0.3) is 17.7 Å². The monoisotopic (exact) mass is 1280 g/mol. The maximum atomic E-state index is 11.6. The van der Waals surface area contributed by atoms with Gasteiger partial charge in [-0.25, -0.2) is 9.59 Å². The Balaban J connectivity index is 0.000000145. The standard InChI is InChI=1S/C27H30N4O2.2C23H22N4O4/c1-17(2)32-25-14-11-18(15-19(25)16-28)27-30-26(31-33-27)23-10-6-9-22-21(23)12-13-24(22)29-20-7-4-3-5-8-20;2*1-13(2)30-20-10-7-14(11-15(20)12-24)22-26-21(27-31-22)18-6-4-5-17-16(18)8-9-19(17)25-23(28)29-3/h6,9-11,14-15,17,20,24,29H,3-5,7-8,12-13H2,1-2H3;2*4-7,10-11,13,19H,8-9H2,1-3H3,(H,25,28)/t;2*19-/m.10/s1. The lowest BCUT2D eigenvalue weighted by atomic mass is 9.94. The summed E-state index contributed by atoms with van der Waals surface area (Å²) in [5.74, 6) is 4.18. The highest BCUT2D eigenvalue weighted by atomic mass is 16.5. The molecule has 1 saturated carbocycles. The van der Waals surface area contributed by atoms with Gasteiger partial charge in [0.05, 0.1) is 61.3 Å². The number of methoxy groups -OCH3 is 2. The van der Waals surface area contributed by atoms with Crippen molar-refractivity contribution in [3.63, 3.8) is 0 Å². The summed E-state index contributed by atoms with van der Waals surface area (Å²) in [6.07, 6.45) is 10.8. The van der Waals surface area contributed by atoms with E-state index in [0.717, 1.165) is 77.5 Å². The molecule has 0 bridgehead atoms. The molecule has 1 fully saturated rings. The molecule has 0 aliphatic heterocycles. The van der Waals surface area contributed by atoms with Crippen LogP contribution in [-0.2, 0) is 28.7 Å².